The average Bonchev–Trinajstić information content (AvgIpc) is 2.62. The van der Waals surface area contributed by atoms with Gasteiger partial charge in [-0.1, -0.05) is 12.1 Å². The smallest absolute Gasteiger partial charge is 0.221 e. The first-order chi connectivity index (χ1) is 12.1. The lowest BCUT2D eigenvalue weighted by Crippen LogP contribution is -2.02. The maximum atomic E-state index is 13.5. The van der Waals surface area contributed by atoms with Crippen LogP contribution in [-0.2, 0) is 6.42 Å². The summed E-state index contributed by atoms with van der Waals surface area (Å²) in [6.45, 7) is 1.42. The van der Waals surface area contributed by atoms with Crippen LogP contribution in [0.5, 0.6) is 5.88 Å². The van der Waals surface area contributed by atoms with E-state index in [9.17, 15) is 9.18 Å². The zero-order chi connectivity index (χ0) is 17.8. The van der Waals surface area contributed by atoms with E-state index in [2.05, 4.69) is 15.0 Å². The molecule has 2 heterocycles. The Kier molecular flexibility index (Phi) is 4.79. The molecule has 5 nitrogen and oxygen atoms in total. The van der Waals surface area contributed by atoms with E-state index in [0.29, 0.717) is 23.4 Å². The standard InChI is InChI=1S/C19H16FN3O2/c1-12(24)18-21-10-14(11-22-18)6-13-7-17(19(25-2)23-9-13)15-4-3-5-16(20)8-15/h3-5,7-11H,6H2,1-2H3. The molecule has 0 atom stereocenters. The maximum absolute atomic E-state index is 13.5. The first-order valence-electron chi connectivity index (χ1n) is 7.67. The summed E-state index contributed by atoms with van der Waals surface area (Å²) in [5, 5.41) is 0. The molecule has 0 aliphatic carbocycles. The first-order valence-corrected chi connectivity index (χ1v) is 7.67. The van der Waals surface area contributed by atoms with Crippen molar-refractivity contribution in [3.63, 3.8) is 0 Å². The Bertz CT molecular complexity index is 911. The van der Waals surface area contributed by atoms with Gasteiger partial charge in [-0.05, 0) is 34.9 Å². The van der Waals surface area contributed by atoms with Gasteiger partial charge in [0.15, 0.2) is 11.6 Å². The van der Waals surface area contributed by atoms with Gasteiger partial charge in [0, 0.05) is 37.5 Å². The Balaban J connectivity index is 1.92. The van der Waals surface area contributed by atoms with Gasteiger partial charge >= 0.3 is 0 Å². The summed E-state index contributed by atoms with van der Waals surface area (Å²) in [5.41, 5.74) is 3.15. The van der Waals surface area contributed by atoms with E-state index < -0.39 is 0 Å². The average molecular weight is 337 g/mol. The highest BCUT2D eigenvalue weighted by molar-refractivity contribution is 5.90. The van der Waals surface area contributed by atoms with Crippen molar-refractivity contribution in [1.29, 1.82) is 0 Å². The molecule has 0 fully saturated rings. The van der Waals surface area contributed by atoms with E-state index in [4.69, 9.17) is 4.74 Å². The number of ether oxygens (including phenoxy) is 1. The Hall–Kier alpha value is -3.15. The zero-order valence-corrected chi connectivity index (χ0v) is 13.9. The third-order valence-electron chi connectivity index (χ3n) is 3.67. The summed E-state index contributed by atoms with van der Waals surface area (Å²) >= 11 is 0. The lowest BCUT2D eigenvalue weighted by Gasteiger charge is -2.10. The molecule has 0 aliphatic rings. The minimum Gasteiger partial charge on any atom is -0.481 e. The van der Waals surface area contributed by atoms with Crippen LogP contribution in [0.3, 0.4) is 0 Å². The molecule has 0 bridgehead atoms. The lowest BCUT2D eigenvalue weighted by atomic mass is 10.0. The van der Waals surface area contributed by atoms with Gasteiger partial charge in [-0.3, -0.25) is 4.79 Å². The molecule has 2 aromatic heterocycles. The van der Waals surface area contributed by atoms with Crippen LogP contribution in [0, 0.1) is 5.82 Å². The third-order valence-corrected chi connectivity index (χ3v) is 3.67. The van der Waals surface area contributed by atoms with Crippen molar-refractivity contribution in [2.75, 3.05) is 7.11 Å². The van der Waals surface area contributed by atoms with Crippen molar-refractivity contribution >= 4 is 5.78 Å². The van der Waals surface area contributed by atoms with Crippen molar-refractivity contribution in [2.45, 2.75) is 13.3 Å². The van der Waals surface area contributed by atoms with Crippen LogP contribution in [0.4, 0.5) is 4.39 Å². The van der Waals surface area contributed by atoms with E-state index >= 15 is 0 Å². The molecule has 3 aromatic rings. The van der Waals surface area contributed by atoms with Crippen molar-refractivity contribution in [3.05, 3.63) is 71.7 Å². The number of Topliss-reactive ketones (excluding diaryl/α,β-unsaturated/α-hetero) is 1. The van der Waals surface area contributed by atoms with Gasteiger partial charge in [-0.25, -0.2) is 19.3 Å². The summed E-state index contributed by atoms with van der Waals surface area (Å²) in [6.07, 6.45) is 5.48. The molecule has 126 valence electrons. The third kappa shape index (κ3) is 3.85. The van der Waals surface area contributed by atoms with E-state index in [1.807, 2.05) is 6.07 Å². The van der Waals surface area contributed by atoms with Gasteiger partial charge in [0.05, 0.1) is 7.11 Å². The van der Waals surface area contributed by atoms with Crippen molar-refractivity contribution < 1.29 is 13.9 Å². The number of methoxy groups -OCH3 is 1. The Labute approximate surface area is 144 Å². The van der Waals surface area contributed by atoms with Gasteiger partial charge in [-0.2, -0.15) is 0 Å². The number of carbonyl (C=O) groups excluding carboxylic acids is 1. The van der Waals surface area contributed by atoms with Gasteiger partial charge in [0.25, 0.3) is 0 Å². The topological polar surface area (TPSA) is 65.0 Å². The first kappa shape index (κ1) is 16.7. The molecule has 0 unspecified atom stereocenters. The highest BCUT2D eigenvalue weighted by Gasteiger charge is 2.11. The number of ketones is 1. The van der Waals surface area contributed by atoms with E-state index in [-0.39, 0.29) is 17.4 Å². The van der Waals surface area contributed by atoms with Gasteiger partial charge in [-0.15, -0.1) is 0 Å². The number of nitrogens with zero attached hydrogens (tertiary/aromatic N) is 3. The Morgan fingerprint density at radius 3 is 2.44 bits per heavy atom. The van der Waals surface area contributed by atoms with Crippen LogP contribution in [0.2, 0.25) is 0 Å². The number of pyridine rings is 1. The second kappa shape index (κ2) is 7.17. The normalized spacial score (nSPS) is 10.5. The predicted molar refractivity (Wildman–Crippen MR) is 91.0 cm³/mol. The van der Waals surface area contributed by atoms with E-state index in [1.54, 1.807) is 30.7 Å². The summed E-state index contributed by atoms with van der Waals surface area (Å²) in [4.78, 5) is 23.6. The van der Waals surface area contributed by atoms with E-state index in [1.165, 1.54) is 26.2 Å². The largest absolute Gasteiger partial charge is 0.481 e. The Morgan fingerprint density at radius 2 is 1.80 bits per heavy atom. The number of rotatable bonds is 5. The fourth-order valence-electron chi connectivity index (χ4n) is 2.48. The Morgan fingerprint density at radius 1 is 1.08 bits per heavy atom. The van der Waals surface area contributed by atoms with Crippen LogP contribution in [-0.4, -0.2) is 27.8 Å². The second-order valence-electron chi connectivity index (χ2n) is 5.56. The number of aromatic nitrogens is 3. The molecule has 0 radical (unpaired) electrons. The van der Waals surface area contributed by atoms with Crippen LogP contribution in [0.15, 0.2) is 48.9 Å². The SMILES string of the molecule is COc1ncc(Cc2cnc(C(C)=O)nc2)cc1-c1cccc(F)c1. The van der Waals surface area contributed by atoms with E-state index in [0.717, 1.165) is 11.1 Å². The van der Waals surface area contributed by atoms with Gasteiger partial charge in [0.2, 0.25) is 5.88 Å². The van der Waals surface area contributed by atoms with Gasteiger partial charge in [0.1, 0.15) is 5.82 Å². The summed E-state index contributed by atoms with van der Waals surface area (Å²) in [5.74, 6) is 0.124. The number of hydrogen-bond acceptors (Lipinski definition) is 5. The molecular formula is C19H16FN3O2. The molecule has 0 saturated carbocycles. The number of halogens is 1. The van der Waals surface area contributed by atoms with Crippen molar-refractivity contribution in [1.82, 2.24) is 15.0 Å². The fraction of sp³-hybridized carbons (Fsp3) is 0.158. The molecule has 3 rings (SSSR count). The lowest BCUT2D eigenvalue weighted by molar-refractivity contribution is 0.100. The molecule has 25 heavy (non-hydrogen) atoms. The number of hydrogen-bond donors (Lipinski definition) is 0. The number of benzene rings is 1. The minimum absolute atomic E-state index is 0.175. The minimum atomic E-state index is -0.321. The summed E-state index contributed by atoms with van der Waals surface area (Å²) < 4.78 is 18.8. The molecule has 0 N–H and O–H groups in total. The van der Waals surface area contributed by atoms with Crippen LogP contribution in [0.25, 0.3) is 11.1 Å². The quantitative estimate of drug-likeness (QED) is 0.667. The molecule has 6 heteroatoms. The molecule has 0 spiro atoms. The molecule has 0 saturated heterocycles. The predicted octanol–water partition coefficient (Wildman–Crippen LogP) is 3.48. The van der Waals surface area contributed by atoms with Crippen molar-refractivity contribution in [2.24, 2.45) is 0 Å². The van der Waals surface area contributed by atoms with Gasteiger partial charge < -0.3 is 4.74 Å². The highest BCUT2D eigenvalue weighted by atomic mass is 19.1. The van der Waals surface area contributed by atoms with Crippen LogP contribution >= 0.6 is 0 Å². The highest BCUT2D eigenvalue weighted by Crippen LogP contribution is 2.29. The monoisotopic (exact) mass is 337 g/mol. The fourth-order valence-corrected chi connectivity index (χ4v) is 2.48. The molecule has 0 amide bonds. The second-order valence-corrected chi connectivity index (χ2v) is 5.56. The summed E-state index contributed by atoms with van der Waals surface area (Å²) in [6, 6.07) is 8.18. The molecule has 0 aliphatic heterocycles. The van der Waals surface area contributed by atoms with Crippen molar-refractivity contribution in [3.8, 4) is 17.0 Å². The van der Waals surface area contributed by atoms with Crippen LogP contribution < -0.4 is 4.74 Å². The van der Waals surface area contributed by atoms with Crippen LogP contribution in [0.1, 0.15) is 28.7 Å². The summed E-state index contributed by atoms with van der Waals surface area (Å²) in [7, 11) is 1.53. The maximum Gasteiger partial charge on any atom is 0.221 e. The molecule has 1 aromatic carbocycles. The number of carbonyl (C=O) groups is 1. The molecular weight excluding hydrogens is 321 g/mol. The zero-order valence-electron chi connectivity index (χ0n) is 13.9.